The maximum absolute atomic E-state index is 12.4. The van der Waals surface area contributed by atoms with E-state index >= 15 is 0 Å². The Morgan fingerprint density at radius 3 is 2.73 bits per heavy atom. The van der Waals surface area contributed by atoms with Crippen molar-refractivity contribution in [2.24, 2.45) is 10.7 Å². The van der Waals surface area contributed by atoms with Crippen LogP contribution in [0.25, 0.3) is 0 Å². The summed E-state index contributed by atoms with van der Waals surface area (Å²) in [5, 5.41) is 12.4. The van der Waals surface area contributed by atoms with Crippen LogP contribution in [0.1, 0.15) is 0 Å². The summed E-state index contributed by atoms with van der Waals surface area (Å²) in [7, 11) is 0. The number of amides is 2. The lowest BCUT2D eigenvalue weighted by Crippen LogP contribution is -2.64. The van der Waals surface area contributed by atoms with Crippen LogP contribution >= 0.6 is 23.5 Å². The zero-order valence-corrected chi connectivity index (χ0v) is 15.9. The summed E-state index contributed by atoms with van der Waals surface area (Å²) < 4.78 is 0. The lowest BCUT2D eigenvalue weighted by atomic mass is 10.0. The molecular weight excluding hydrogens is 376 g/mol. The van der Waals surface area contributed by atoms with E-state index in [4.69, 9.17) is 5.73 Å². The Kier molecular flexibility index (Phi) is 6.54. The van der Waals surface area contributed by atoms with Gasteiger partial charge in [-0.05, 0) is 11.8 Å². The summed E-state index contributed by atoms with van der Waals surface area (Å²) in [6, 6.07) is -1.20. The van der Waals surface area contributed by atoms with Gasteiger partial charge in [-0.3, -0.25) is 14.6 Å². The molecular formula is C16H20N4O4S2. The predicted octanol–water partition coefficient (Wildman–Crippen LogP) is 0.187. The molecule has 0 bridgehead atoms. The highest BCUT2D eigenvalue weighted by molar-refractivity contribution is 8.14. The molecule has 0 aliphatic carbocycles. The van der Waals surface area contributed by atoms with Crippen LogP contribution in [-0.4, -0.2) is 69.3 Å². The van der Waals surface area contributed by atoms with E-state index in [1.807, 2.05) is 6.26 Å². The number of carbonyl (C=O) groups is 3. The summed E-state index contributed by atoms with van der Waals surface area (Å²) in [5.74, 6) is -1.22. The van der Waals surface area contributed by atoms with Crippen LogP contribution < -0.4 is 11.1 Å². The molecule has 26 heavy (non-hydrogen) atoms. The molecule has 0 spiro atoms. The third kappa shape index (κ3) is 4.13. The summed E-state index contributed by atoms with van der Waals surface area (Å²) in [4.78, 5) is 41.4. The van der Waals surface area contributed by atoms with Crippen LogP contribution in [0.4, 0.5) is 0 Å². The Balaban J connectivity index is 2.03. The van der Waals surface area contributed by atoms with Crippen LogP contribution in [-0.2, 0) is 14.4 Å². The number of carbonyl (C=O) groups excluding carboxylic acids is 2. The number of β-lactam (4-membered cyclic amide) rings is 1. The summed E-state index contributed by atoms with van der Waals surface area (Å²) in [6.07, 6.45) is 3.26. The highest BCUT2D eigenvalue weighted by Gasteiger charge is 2.43. The molecule has 2 atom stereocenters. The van der Waals surface area contributed by atoms with E-state index in [2.05, 4.69) is 23.5 Å². The standard InChI is InChI=1S/C16H20N4O4S2/c1-4-9(6-25-3)12(15(23)24)20-5-10(14(20)22)18-13(21)8(2)11-7-26-16(17)19-11/h4,10-11H,1-2,5-7H2,3H3,(H2,17,19)(H,18,21)(H,23,24)/b12-9-/t10-,11?/m0/s1. The van der Waals surface area contributed by atoms with E-state index in [0.29, 0.717) is 22.2 Å². The number of likely N-dealkylation sites (tertiary alicyclic amines) is 1. The first-order valence-corrected chi connectivity index (χ1v) is 10.0. The molecule has 1 unspecified atom stereocenters. The SMILES string of the molecule is C=C/C(CSC)=C(\C(=O)O)N1C[C@H](NC(=O)C(=C)C2CSC(N)=N2)C1=O. The van der Waals surface area contributed by atoms with Crippen LogP contribution in [0.3, 0.4) is 0 Å². The first-order valence-electron chi connectivity index (χ1n) is 7.65. The third-order valence-corrected chi connectivity index (χ3v) is 5.41. The van der Waals surface area contributed by atoms with E-state index in [1.54, 1.807) is 0 Å². The zero-order valence-electron chi connectivity index (χ0n) is 14.2. The van der Waals surface area contributed by atoms with E-state index in [1.165, 1.54) is 29.6 Å². The van der Waals surface area contributed by atoms with E-state index in [-0.39, 0.29) is 17.8 Å². The number of allylic oxidation sites excluding steroid dienone is 1. The van der Waals surface area contributed by atoms with Gasteiger partial charge in [0.15, 0.2) is 5.17 Å². The van der Waals surface area contributed by atoms with Gasteiger partial charge in [-0.25, -0.2) is 4.79 Å². The fraction of sp³-hybridized carbons (Fsp3) is 0.375. The minimum absolute atomic E-state index is 0.0794. The molecule has 0 aromatic rings. The van der Waals surface area contributed by atoms with Crippen molar-refractivity contribution in [1.82, 2.24) is 10.2 Å². The second-order valence-electron chi connectivity index (χ2n) is 5.61. The molecule has 4 N–H and O–H groups in total. The fourth-order valence-electron chi connectivity index (χ4n) is 2.51. The maximum atomic E-state index is 12.4. The number of hydrogen-bond acceptors (Lipinski definition) is 7. The summed E-state index contributed by atoms with van der Waals surface area (Å²) >= 11 is 2.76. The molecule has 10 heteroatoms. The molecule has 2 rings (SSSR count). The van der Waals surface area contributed by atoms with Gasteiger partial charge in [0.05, 0.1) is 12.6 Å². The Hall–Kier alpha value is -2.20. The van der Waals surface area contributed by atoms with Crippen LogP contribution in [0.2, 0.25) is 0 Å². The first kappa shape index (κ1) is 20.1. The van der Waals surface area contributed by atoms with E-state index in [0.717, 1.165) is 4.90 Å². The second-order valence-corrected chi connectivity index (χ2v) is 7.52. The molecule has 2 aliphatic heterocycles. The molecule has 0 aromatic carbocycles. The summed E-state index contributed by atoms with van der Waals surface area (Å²) in [5.41, 5.74) is 6.16. The molecule has 1 saturated heterocycles. The number of aliphatic carboxylic acids is 1. The van der Waals surface area contributed by atoms with Gasteiger partial charge in [-0.15, -0.1) is 0 Å². The molecule has 0 radical (unpaired) electrons. The topological polar surface area (TPSA) is 125 Å². The molecule has 2 aliphatic rings. The van der Waals surface area contributed by atoms with E-state index in [9.17, 15) is 19.5 Å². The van der Waals surface area contributed by atoms with Gasteiger partial charge < -0.3 is 21.1 Å². The zero-order chi connectivity index (χ0) is 19.4. The molecule has 2 heterocycles. The molecule has 1 fully saturated rings. The van der Waals surface area contributed by atoms with Gasteiger partial charge in [0, 0.05) is 17.1 Å². The molecule has 2 amide bonds. The predicted molar refractivity (Wildman–Crippen MR) is 104 cm³/mol. The largest absolute Gasteiger partial charge is 0.477 e. The average Bonchev–Trinajstić information content (AvgIpc) is 3.04. The highest BCUT2D eigenvalue weighted by Crippen LogP contribution is 2.24. The Morgan fingerprint density at radius 2 is 2.27 bits per heavy atom. The lowest BCUT2D eigenvalue weighted by Gasteiger charge is -2.39. The van der Waals surface area contributed by atoms with Crippen molar-refractivity contribution >= 4 is 46.5 Å². The Morgan fingerprint density at radius 1 is 1.58 bits per heavy atom. The Bertz CT molecular complexity index is 732. The minimum Gasteiger partial charge on any atom is -0.477 e. The normalized spacial score (nSPS) is 22.9. The van der Waals surface area contributed by atoms with Gasteiger partial charge in [0.2, 0.25) is 5.91 Å². The van der Waals surface area contributed by atoms with Crippen LogP contribution in [0.5, 0.6) is 0 Å². The molecule has 0 aromatic heterocycles. The fourth-order valence-corrected chi connectivity index (χ4v) is 3.89. The number of nitrogens with one attached hydrogen (secondary N) is 1. The highest BCUT2D eigenvalue weighted by atomic mass is 32.2. The molecule has 140 valence electrons. The number of nitrogens with zero attached hydrogens (tertiary/aromatic N) is 2. The van der Waals surface area contributed by atoms with Crippen molar-refractivity contribution in [3.05, 3.63) is 36.1 Å². The van der Waals surface area contributed by atoms with E-state index < -0.39 is 29.9 Å². The average molecular weight is 396 g/mol. The van der Waals surface area contributed by atoms with Gasteiger partial charge in [0.1, 0.15) is 11.7 Å². The number of hydrogen-bond donors (Lipinski definition) is 3. The monoisotopic (exact) mass is 396 g/mol. The van der Waals surface area contributed by atoms with Crippen molar-refractivity contribution in [2.45, 2.75) is 12.1 Å². The summed E-state index contributed by atoms with van der Waals surface area (Å²) in [6.45, 7) is 7.41. The number of carboxylic acid groups (broad SMARTS) is 1. The number of nitrogens with two attached hydrogens (primary N) is 1. The van der Waals surface area contributed by atoms with Gasteiger partial charge in [-0.2, -0.15) is 11.8 Å². The number of thioether (sulfide) groups is 2. The van der Waals surface area contributed by atoms with Gasteiger partial charge >= 0.3 is 5.97 Å². The van der Waals surface area contributed by atoms with Crippen LogP contribution in [0, 0.1) is 0 Å². The number of amidine groups is 1. The number of rotatable bonds is 8. The quantitative estimate of drug-likeness (QED) is 0.304. The minimum atomic E-state index is -1.20. The molecule has 0 saturated carbocycles. The first-order chi connectivity index (χ1) is 12.3. The van der Waals surface area contributed by atoms with Crippen molar-refractivity contribution in [2.75, 3.05) is 24.3 Å². The van der Waals surface area contributed by atoms with Gasteiger partial charge in [0.25, 0.3) is 5.91 Å². The van der Waals surface area contributed by atoms with Gasteiger partial charge in [-0.1, -0.05) is 31.0 Å². The maximum Gasteiger partial charge on any atom is 0.352 e. The van der Waals surface area contributed by atoms with Crippen molar-refractivity contribution in [3.8, 4) is 0 Å². The number of aliphatic imine (C=N–C) groups is 1. The van der Waals surface area contributed by atoms with Crippen LogP contribution in [0.15, 0.2) is 41.1 Å². The Labute approximate surface area is 159 Å². The van der Waals surface area contributed by atoms with Crippen molar-refractivity contribution < 1.29 is 19.5 Å². The third-order valence-electron chi connectivity index (χ3n) is 3.92. The van der Waals surface area contributed by atoms with Crippen molar-refractivity contribution in [3.63, 3.8) is 0 Å². The lowest BCUT2D eigenvalue weighted by molar-refractivity contribution is -0.148. The second kappa shape index (κ2) is 8.45. The number of carboxylic acids is 1. The smallest absolute Gasteiger partial charge is 0.352 e. The molecule has 8 nitrogen and oxygen atoms in total. The van der Waals surface area contributed by atoms with Crippen molar-refractivity contribution in [1.29, 1.82) is 0 Å².